The number of aryl methyl sites for hydroxylation is 2. The lowest BCUT2D eigenvalue weighted by molar-refractivity contribution is 0.439. The molecule has 1 heterocycles. The molecule has 3 heteroatoms. The standard InChI is InChI=1S/C13H25N3/c1-4-13(5-2)10-14-7-6-8-16-11-12(3)9-15-16/h9,11,13-14H,4-8,10H2,1-3H3. The Balaban J connectivity index is 2.04. The molecule has 0 spiro atoms. The Morgan fingerprint density at radius 3 is 2.69 bits per heavy atom. The third-order valence-electron chi connectivity index (χ3n) is 3.09. The Kier molecular flexibility index (Phi) is 6.16. The Labute approximate surface area is 99.2 Å². The van der Waals surface area contributed by atoms with Crippen LogP contribution in [-0.4, -0.2) is 22.9 Å². The lowest BCUT2D eigenvalue weighted by atomic mass is 10.0. The second-order valence-corrected chi connectivity index (χ2v) is 4.52. The van der Waals surface area contributed by atoms with E-state index in [4.69, 9.17) is 0 Å². The van der Waals surface area contributed by atoms with Crippen LogP contribution in [0.15, 0.2) is 12.4 Å². The molecule has 1 rings (SSSR count). The van der Waals surface area contributed by atoms with Crippen LogP contribution in [0, 0.1) is 12.8 Å². The second-order valence-electron chi connectivity index (χ2n) is 4.52. The van der Waals surface area contributed by atoms with Crippen molar-refractivity contribution in [1.29, 1.82) is 0 Å². The van der Waals surface area contributed by atoms with E-state index in [1.54, 1.807) is 0 Å². The van der Waals surface area contributed by atoms with Crippen molar-refractivity contribution in [1.82, 2.24) is 15.1 Å². The molecule has 92 valence electrons. The lowest BCUT2D eigenvalue weighted by Gasteiger charge is -2.12. The normalized spacial score (nSPS) is 11.2. The van der Waals surface area contributed by atoms with Gasteiger partial charge >= 0.3 is 0 Å². The van der Waals surface area contributed by atoms with E-state index in [1.807, 2.05) is 10.9 Å². The van der Waals surface area contributed by atoms with Crippen molar-refractivity contribution in [3.05, 3.63) is 18.0 Å². The van der Waals surface area contributed by atoms with Gasteiger partial charge in [-0.1, -0.05) is 26.7 Å². The van der Waals surface area contributed by atoms with Gasteiger partial charge in [0.2, 0.25) is 0 Å². The molecular formula is C13H25N3. The highest BCUT2D eigenvalue weighted by Gasteiger charge is 2.01. The van der Waals surface area contributed by atoms with Gasteiger partial charge in [0, 0.05) is 12.7 Å². The molecular weight excluding hydrogens is 198 g/mol. The summed E-state index contributed by atoms with van der Waals surface area (Å²) in [6.45, 7) is 9.88. The molecule has 1 aromatic rings. The van der Waals surface area contributed by atoms with Gasteiger partial charge in [0.05, 0.1) is 6.20 Å². The summed E-state index contributed by atoms with van der Waals surface area (Å²) < 4.78 is 2.02. The van der Waals surface area contributed by atoms with Crippen molar-refractivity contribution in [2.45, 2.75) is 46.6 Å². The van der Waals surface area contributed by atoms with Gasteiger partial charge in [-0.15, -0.1) is 0 Å². The number of aromatic nitrogens is 2. The Hall–Kier alpha value is -0.830. The van der Waals surface area contributed by atoms with Crippen molar-refractivity contribution >= 4 is 0 Å². The molecule has 0 aliphatic carbocycles. The van der Waals surface area contributed by atoms with Gasteiger partial charge in [0.1, 0.15) is 0 Å². The largest absolute Gasteiger partial charge is 0.316 e. The van der Waals surface area contributed by atoms with Gasteiger partial charge < -0.3 is 5.32 Å². The van der Waals surface area contributed by atoms with E-state index in [2.05, 4.69) is 37.4 Å². The summed E-state index contributed by atoms with van der Waals surface area (Å²) in [6.07, 6.45) is 7.73. The van der Waals surface area contributed by atoms with E-state index in [9.17, 15) is 0 Å². The number of nitrogens with one attached hydrogen (secondary N) is 1. The topological polar surface area (TPSA) is 29.9 Å². The molecule has 0 radical (unpaired) electrons. The number of hydrogen-bond acceptors (Lipinski definition) is 2. The SMILES string of the molecule is CCC(CC)CNCCCn1cc(C)cn1. The third kappa shape index (κ3) is 4.79. The predicted octanol–water partition coefficient (Wildman–Crippen LogP) is 2.61. The van der Waals surface area contributed by atoms with E-state index in [0.29, 0.717) is 0 Å². The van der Waals surface area contributed by atoms with Crippen LogP contribution in [0.2, 0.25) is 0 Å². The van der Waals surface area contributed by atoms with Gasteiger partial charge in [-0.25, -0.2) is 0 Å². The lowest BCUT2D eigenvalue weighted by Crippen LogP contribution is -2.24. The molecule has 0 amide bonds. The van der Waals surface area contributed by atoms with Crippen molar-refractivity contribution in [3.8, 4) is 0 Å². The van der Waals surface area contributed by atoms with Crippen LogP contribution in [0.5, 0.6) is 0 Å². The maximum atomic E-state index is 4.27. The first-order valence-corrected chi connectivity index (χ1v) is 6.46. The highest BCUT2D eigenvalue weighted by Crippen LogP contribution is 2.04. The molecule has 1 N–H and O–H groups in total. The number of hydrogen-bond donors (Lipinski definition) is 1. The summed E-state index contributed by atoms with van der Waals surface area (Å²) in [4.78, 5) is 0. The molecule has 0 fully saturated rings. The average molecular weight is 223 g/mol. The summed E-state index contributed by atoms with van der Waals surface area (Å²) in [5.74, 6) is 0.840. The van der Waals surface area contributed by atoms with Crippen LogP contribution < -0.4 is 5.32 Å². The summed E-state index contributed by atoms with van der Waals surface area (Å²) in [5.41, 5.74) is 1.24. The smallest absolute Gasteiger partial charge is 0.0518 e. The minimum atomic E-state index is 0.840. The molecule has 16 heavy (non-hydrogen) atoms. The van der Waals surface area contributed by atoms with E-state index < -0.39 is 0 Å². The Morgan fingerprint density at radius 1 is 1.38 bits per heavy atom. The van der Waals surface area contributed by atoms with Crippen LogP contribution in [0.1, 0.15) is 38.7 Å². The molecule has 0 saturated heterocycles. The predicted molar refractivity (Wildman–Crippen MR) is 68.5 cm³/mol. The third-order valence-corrected chi connectivity index (χ3v) is 3.09. The zero-order chi connectivity index (χ0) is 11.8. The molecule has 0 saturated carbocycles. The monoisotopic (exact) mass is 223 g/mol. The molecule has 0 aliphatic heterocycles. The Bertz CT molecular complexity index is 276. The fourth-order valence-corrected chi connectivity index (χ4v) is 1.84. The first kappa shape index (κ1) is 13.2. The van der Waals surface area contributed by atoms with E-state index in [-0.39, 0.29) is 0 Å². The van der Waals surface area contributed by atoms with E-state index in [0.717, 1.165) is 32.0 Å². The molecule has 0 unspecified atom stereocenters. The van der Waals surface area contributed by atoms with Gasteiger partial charge in [-0.05, 0) is 37.9 Å². The maximum absolute atomic E-state index is 4.27. The van der Waals surface area contributed by atoms with Crippen LogP contribution in [0.25, 0.3) is 0 Å². The van der Waals surface area contributed by atoms with Crippen molar-refractivity contribution < 1.29 is 0 Å². The highest BCUT2D eigenvalue weighted by atomic mass is 15.3. The quantitative estimate of drug-likeness (QED) is 0.687. The number of rotatable bonds is 8. The second kappa shape index (κ2) is 7.44. The fraction of sp³-hybridized carbons (Fsp3) is 0.769. The summed E-state index contributed by atoms with van der Waals surface area (Å²) in [5, 5.41) is 7.79. The fourth-order valence-electron chi connectivity index (χ4n) is 1.84. The zero-order valence-electron chi connectivity index (χ0n) is 10.9. The first-order chi connectivity index (χ1) is 7.76. The van der Waals surface area contributed by atoms with Gasteiger partial charge in [0.25, 0.3) is 0 Å². The summed E-state index contributed by atoms with van der Waals surface area (Å²) in [6, 6.07) is 0. The van der Waals surface area contributed by atoms with Crippen molar-refractivity contribution in [3.63, 3.8) is 0 Å². The van der Waals surface area contributed by atoms with Crippen LogP contribution >= 0.6 is 0 Å². The summed E-state index contributed by atoms with van der Waals surface area (Å²) in [7, 11) is 0. The minimum Gasteiger partial charge on any atom is -0.316 e. The van der Waals surface area contributed by atoms with Gasteiger partial charge in [-0.2, -0.15) is 5.10 Å². The van der Waals surface area contributed by atoms with Crippen molar-refractivity contribution in [2.24, 2.45) is 5.92 Å². The van der Waals surface area contributed by atoms with E-state index in [1.165, 1.54) is 18.4 Å². The molecule has 1 aromatic heterocycles. The van der Waals surface area contributed by atoms with Crippen molar-refractivity contribution in [2.75, 3.05) is 13.1 Å². The number of nitrogens with zero attached hydrogens (tertiary/aromatic N) is 2. The highest BCUT2D eigenvalue weighted by molar-refractivity contribution is 4.99. The van der Waals surface area contributed by atoms with E-state index >= 15 is 0 Å². The molecule has 3 nitrogen and oxygen atoms in total. The maximum Gasteiger partial charge on any atom is 0.0518 e. The molecule has 0 aliphatic rings. The van der Waals surface area contributed by atoms with Gasteiger partial charge in [-0.3, -0.25) is 4.68 Å². The molecule has 0 bridgehead atoms. The minimum absolute atomic E-state index is 0.840. The Morgan fingerprint density at radius 2 is 2.12 bits per heavy atom. The summed E-state index contributed by atoms with van der Waals surface area (Å²) >= 11 is 0. The van der Waals surface area contributed by atoms with Gasteiger partial charge in [0.15, 0.2) is 0 Å². The van der Waals surface area contributed by atoms with Crippen LogP contribution in [-0.2, 0) is 6.54 Å². The van der Waals surface area contributed by atoms with Crippen LogP contribution in [0.4, 0.5) is 0 Å². The zero-order valence-corrected chi connectivity index (χ0v) is 10.9. The average Bonchev–Trinajstić information content (AvgIpc) is 2.70. The molecule has 0 aromatic carbocycles. The van der Waals surface area contributed by atoms with Crippen LogP contribution in [0.3, 0.4) is 0 Å². The molecule has 0 atom stereocenters. The first-order valence-electron chi connectivity index (χ1n) is 6.46.